The Balaban J connectivity index is 3.47. The van der Waals surface area contributed by atoms with Crippen molar-refractivity contribution in [2.24, 2.45) is 11.3 Å². The summed E-state index contributed by atoms with van der Waals surface area (Å²) in [5.41, 5.74) is -0.905. The van der Waals surface area contributed by atoms with Gasteiger partial charge in [0.05, 0.1) is 6.07 Å². The van der Waals surface area contributed by atoms with Gasteiger partial charge in [-0.2, -0.15) is 5.26 Å². The highest BCUT2D eigenvalue weighted by Crippen LogP contribution is 2.13. The van der Waals surface area contributed by atoms with E-state index in [0.29, 0.717) is 6.54 Å². The van der Waals surface area contributed by atoms with Gasteiger partial charge >= 0.3 is 0 Å². The van der Waals surface area contributed by atoms with E-state index in [1.807, 2.05) is 6.07 Å². The van der Waals surface area contributed by atoms with Crippen molar-refractivity contribution in [3.63, 3.8) is 0 Å². The lowest BCUT2D eigenvalue weighted by Gasteiger charge is -2.14. The Labute approximate surface area is 106 Å². The van der Waals surface area contributed by atoms with Crippen molar-refractivity contribution in [1.29, 1.82) is 5.26 Å². The first kappa shape index (κ1) is 16.0. The standard InChI is InChI=1S/C14H26N2O/c1-12(2)9-7-5-6-8-10-16-13(17)14(3,4)11-15/h12H,5-10H2,1-4H3,(H,16,17). The van der Waals surface area contributed by atoms with E-state index in [2.05, 4.69) is 19.2 Å². The van der Waals surface area contributed by atoms with E-state index in [1.165, 1.54) is 19.3 Å². The van der Waals surface area contributed by atoms with Gasteiger partial charge in [0.25, 0.3) is 0 Å². The minimum absolute atomic E-state index is 0.165. The molecule has 0 saturated carbocycles. The quantitative estimate of drug-likeness (QED) is 0.660. The number of nitrogens with zero attached hydrogens (tertiary/aromatic N) is 1. The molecule has 3 heteroatoms. The molecule has 0 aliphatic heterocycles. The molecule has 0 saturated heterocycles. The molecule has 0 aliphatic rings. The van der Waals surface area contributed by atoms with Crippen LogP contribution in [0.15, 0.2) is 0 Å². The van der Waals surface area contributed by atoms with Gasteiger partial charge in [-0.15, -0.1) is 0 Å². The molecule has 3 nitrogen and oxygen atoms in total. The molecule has 0 aliphatic carbocycles. The number of hydrogen-bond donors (Lipinski definition) is 1. The van der Waals surface area contributed by atoms with Gasteiger partial charge in [-0.3, -0.25) is 4.79 Å². The number of carbonyl (C=O) groups excluding carboxylic acids is 1. The highest BCUT2D eigenvalue weighted by atomic mass is 16.2. The minimum Gasteiger partial charge on any atom is -0.355 e. The second-order valence-electron chi connectivity index (χ2n) is 5.59. The molecule has 0 atom stereocenters. The summed E-state index contributed by atoms with van der Waals surface area (Å²) in [5.74, 6) is 0.619. The van der Waals surface area contributed by atoms with E-state index < -0.39 is 5.41 Å². The van der Waals surface area contributed by atoms with E-state index in [-0.39, 0.29) is 5.91 Å². The first-order chi connectivity index (χ1) is 7.90. The number of carbonyl (C=O) groups is 1. The van der Waals surface area contributed by atoms with Crippen LogP contribution >= 0.6 is 0 Å². The molecule has 0 spiro atoms. The van der Waals surface area contributed by atoms with E-state index in [0.717, 1.165) is 18.8 Å². The Morgan fingerprint density at radius 2 is 1.82 bits per heavy atom. The first-order valence-corrected chi connectivity index (χ1v) is 6.59. The highest BCUT2D eigenvalue weighted by molar-refractivity contribution is 5.84. The van der Waals surface area contributed by atoms with Crippen molar-refractivity contribution in [1.82, 2.24) is 5.32 Å². The van der Waals surface area contributed by atoms with Gasteiger partial charge < -0.3 is 5.32 Å². The van der Waals surface area contributed by atoms with Gasteiger partial charge in [-0.1, -0.05) is 39.5 Å². The van der Waals surface area contributed by atoms with Crippen LogP contribution in [0.1, 0.15) is 59.8 Å². The molecule has 0 bridgehead atoms. The fraction of sp³-hybridized carbons (Fsp3) is 0.857. The third kappa shape index (κ3) is 7.79. The Morgan fingerprint density at radius 1 is 1.24 bits per heavy atom. The predicted octanol–water partition coefficient (Wildman–Crippen LogP) is 3.26. The van der Waals surface area contributed by atoms with Gasteiger partial charge in [0.15, 0.2) is 0 Å². The van der Waals surface area contributed by atoms with Crippen molar-refractivity contribution in [3.8, 4) is 6.07 Å². The van der Waals surface area contributed by atoms with Crippen LogP contribution in [0.4, 0.5) is 0 Å². The molecular formula is C14H26N2O. The molecule has 0 aromatic rings. The highest BCUT2D eigenvalue weighted by Gasteiger charge is 2.26. The molecular weight excluding hydrogens is 212 g/mol. The average Bonchev–Trinajstić information content (AvgIpc) is 2.27. The molecule has 1 N–H and O–H groups in total. The summed E-state index contributed by atoms with van der Waals surface area (Å²) in [4.78, 5) is 11.5. The second-order valence-corrected chi connectivity index (χ2v) is 5.59. The lowest BCUT2D eigenvalue weighted by atomic mass is 9.95. The molecule has 0 unspecified atom stereocenters. The normalized spacial score (nSPS) is 11.3. The lowest BCUT2D eigenvalue weighted by molar-refractivity contribution is -0.126. The fourth-order valence-electron chi connectivity index (χ4n) is 1.50. The molecule has 0 aromatic carbocycles. The number of amides is 1. The maximum absolute atomic E-state index is 11.5. The van der Waals surface area contributed by atoms with Crippen molar-refractivity contribution >= 4 is 5.91 Å². The maximum Gasteiger partial charge on any atom is 0.239 e. The van der Waals surface area contributed by atoms with Gasteiger partial charge in [0.2, 0.25) is 5.91 Å². The summed E-state index contributed by atoms with van der Waals surface area (Å²) >= 11 is 0. The first-order valence-electron chi connectivity index (χ1n) is 6.59. The average molecular weight is 238 g/mol. The Bertz CT molecular complexity index is 264. The summed E-state index contributed by atoms with van der Waals surface area (Å²) in [5, 5.41) is 11.6. The Hall–Kier alpha value is -1.04. The van der Waals surface area contributed by atoms with E-state index in [9.17, 15) is 4.79 Å². The summed E-state index contributed by atoms with van der Waals surface area (Å²) in [6.45, 7) is 8.45. The molecule has 17 heavy (non-hydrogen) atoms. The zero-order valence-corrected chi connectivity index (χ0v) is 11.7. The lowest BCUT2D eigenvalue weighted by Crippen LogP contribution is -2.36. The largest absolute Gasteiger partial charge is 0.355 e. The van der Waals surface area contributed by atoms with Crippen LogP contribution < -0.4 is 5.32 Å². The molecule has 0 aromatic heterocycles. The number of hydrogen-bond acceptors (Lipinski definition) is 2. The molecule has 0 fully saturated rings. The van der Waals surface area contributed by atoms with Gasteiger partial charge in [0.1, 0.15) is 5.41 Å². The molecule has 1 amide bonds. The Kier molecular flexibility index (Phi) is 7.61. The SMILES string of the molecule is CC(C)CCCCCCNC(=O)C(C)(C)C#N. The fourth-order valence-corrected chi connectivity index (χ4v) is 1.50. The van der Waals surface area contributed by atoms with Gasteiger partial charge in [0, 0.05) is 6.54 Å². The van der Waals surface area contributed by atoms with Crippen LogP contribution in [0.2, 0.25) is 0 Å². The number of rotatable bonds is 8. The van der Waals surface area contributed by atoms with Gasteiger partial charge in [-0.05, 0) is 26.2 Å². The summed E-state index contributed by atoms with van der Waals surface area (Å²) in [6, 6.07) is 2.00. The van der Waals surface area contributed by atoms with Crippen molar-refractivity contribution < 1.29 is 4.79 Å². The van der Waals surface area contributed by atoms with Crippen LogP contribution in [0.25, 0.3) is 0 Å². The number of nitriles is 1. The zero-order chi connectivity index (χ0) is 13.3. The third-order valence-corrected chi connectivity index (χ3v) is 2.84. The van der Waals surface area contributed by atoms with Crippen molar-refractivity contribution in [2.75, 3.05) is 6.54 Å². The smallest absolute Gasteiger partial charge is 0.239 e. The van der Waals surface area contributed by atoms with E-state index >= 15 is 0 Å². The molecule has 0 heterocycles. The Morgan fingerprint density at radius 3 is 2.35 bits per heavy atom. The maximum atomic E-state index is 11.5. The summed E-state index contributed by atoms with van der Waals surface area (Å²) in [6.07, 6.45) is 5.95. The zero-order valence-electron chi connectivity index (χ0n) is 11.7. The minimum atomic E-state index is -0.905. The topological polar surface area (TPSA) is 52.9 Å². The van der Waals surface area contributed by atoms with Crippen molar-refractivity contribution in [3.05, 3.63) is 0 Å². The van der Waals surface area contributed by atoms with Crippen LogP contribution in [0.5, 0.6) is 0 Å². The number of nitrogens with one attached hydrogen (secondary N) is 1. The van der Waals surface area contributed by atoms with E-state index in [1.54, 1.807) is 13.8 Å². The van der Waals surface area contributed by atoms with Crippen molar-refractivity contribution in [2.45, 2.75) is 59.8 Å². The second kappa shape index (κ2) is 8.11. The molecule has 0 rings (SSSR count). The van der Waals surface area contributed by atoms with Crippen LogP contribution in [-0.2, 0) is 4.79 Å². The third-order valence-electron chi connectivity index (χ3n) is 2.84. The van der Waals surface area contributed by atoms with Gasteiger partial charge in [-0.25, -0.2) is 0 Å². The predicted molar refractivity (Wildman–Crippen MR) is 70.3 cm³/mol. The van der Waals surface area contributed by atoms with Crippen LogP contribution in [0.3, 0.4) is 0 Å². The molecule has 0 radical (unpaired) electrons. The number of unbranched alkanes of at least 4 members (excludes halogenated alkanes) is 3. The van der Waals surface area contributed by atoms with Crippen LogP contribution in [-0.4, -0.2) is 12.5 Å². The molecule has 98 valence electrons. The monoisotopic (exact) mass is 238 g/mol. The van der Waals surface area contributed by atoms with E-state index in [4.69, 9.17) is 5.26 Å². The summed E-state index contributed by atoms with van der Waals surface area (Å²) < 4.78 is 0. The van der Waals surface area contributed by atoms with Crippen LogP contribution in [0, 0.1) is 22.7 Å². The summed E-state index contributed by atoms with van der Waals surface area (Å²) in [7, 11) is 0.